The average molecular weight is 582 g/mol. The van der Waals surface area contributed by atoms with Crippen LogP contribution in [0.2, 0.25) is 0 Å². The number of rotatable bonds is 4. The third kappa shape index (κ3) is 4.17. The molecule has 0 unspecified atom stereocenters. The fourth-order valence-corrected chi connectivity index (χ4v) is 6.48. The second-order valence-electron chi connectivity index (χ2n) is 11.0. The van der Waals surface area contributed by atoms with Gasteiger partial charge in [-0.3, -0.25) is 0 Å². The summed E-state index contributed by atoms with van der Waals surface area (Å²) < 4.78 is 84.8. The fraction of sp³-hybridized carbons (Fsp3) is 0. The molecule has 0 bridgehead atoms. The highest BCUT2D eigenvalue weighted by Crippen LogP contribution is 2.45. The highest BCUT2D eigenvalue weighted by molar-refractivity contribution is 6.22. The predicted octanol–water partition coefficient (Wildman–Crippen LogP) is 12.6. The maximum Gasteiger partial charge on any atom is 0.143 e. The van der Waals surface area contributed by atoms with Gasteiger partial charge in [0.15, 0.2) is 0 Å². The summed E-state index contributed by atoms with van der Waals surface area (Å²) >= 11 is 0. The summed E-state index contributed by atoms with van der Waals surface area (Å²) in [6, 6.07) is 33.0. The smallest absolute Gasteiger partial charge is 0.143 e. The first kappa shape index (κ1) is 18.0. The molecule has 0 saturated carbocycles. The molecule has 0 aliphatic carbocycles. The molecule has 0 saturated heterocycles. The summed E-state index contributed by atoms with van der Waals surface area (Å²) in [5, 5.41) is 4.98. The van der Waals surface area contributed by atoms with Crippen molar-refractivity contribution in [3.8, 4) is 44.5 Å². The minimum absolute atomic E-state index is 0.0430. The summed E-state index contributed by atoms with van der Waals surface area (Å²) in [5.41, 5.74) is 5.36. The molecule has 210 valence electrons. The van der Waals surface area contributed by atoms with E-state index >= 15 is 0 Å². The number of benzene rings is 8. The molecule has 9 rings (SSSR count). The Morgan fingerprint density at radius 2 is 1.00 bits per heavy atom. The SMILES string of the molecule is [2H]c1c([2H])c([2H])c(-c2c([2H])c([2H])c([2H])c(-c3c4ccccc4c(-c4ccc5oc6c(-c7ccccc7)cccc6c5c4)c4ccccc34)c2[2H])c([2H])c1[2H]. The minimum atomic E-state index is -0.605. The monoisotopic (exact) mass is 581 g/mol. The summed E-state index contributed by atoms with van der Waals surface area (Å²) in [7, 11) is 0. The molecule has 0 radical (unpaired) electrons. The Morgan fingerprint density at radius 1 is 0.400 bits per heavy atom. The van der Waals surface area contributed by atoms with Gasteiger partial charge in [-0.1, -0.05) is 151 Å². The topological polar surface area (TPSA) is 13.1 Å². The van der Waals surface area contributed by atoms with Gasteiger partial charge in [-0.25, -0.2) is 0 Å². The van der Waals surface area contributed by atoms with Crippen LogP contribution in [0.15, 0.2) is 174 Å². The van der Waals surface area contributed by atoms with E-state index in [1.54, 1.807) is 0 Å². The van der Waals surface area contributed by atoms with Crippen molar-refractivity contribution < 1.29 is 16.8 Å². The van der Waals surface area contributed by atoms with Crippen molar-refractivity contribution in [3.05, 3.63) is 170 Å². The Bertz CT molecular complexity index is 2960. The molecule has 0 N–H and O–H groups in total. The van der Waals surface area contributed by atoms with E-state index < -0.39 is 42.3 Å². The van der Waals surface area contributed by atoms with Gasteiger partial charge >= 0.3 is 0 Å². The van der Waals surface area contributed by atoms with E-state index in [4.69, 9.17) is 15.4 Å². The Labute approximate surface area is 274 Å². The highest BCUT2D eigenvalue weighted by Gasteiger charge is 2.19. The van der Waals surface area contributed by atoms with Crippen LogP contribution < -0.4 is 0 Å². The molecule has 0 fully saturated rings. The van der Waals surface area contributed by atoms with Gasteiger partial charge in [0.05, 0.1) is 12.3 Å². The molecule has 0 amide bonds. The first-order valence-electron chi connectivity index (χ1n) is 19.2. The zero-order chi connectivity index (χ0) is 37.6. The second-order valence-corrected chi connectivity index (χ2v) is 11.0. The standard InChI is InChI=1S/C44H28O/c1-3-13-29(14-4-1)31-17-11-18-32(27-31)42-35-19-7-9-21-37(35)43(38-22-10-8-20-36(38)42)33-25-26-41-40(28-33)39-24-12-23-34(44(39)45-41)30-15-5-2-6-16-30/h1-28H/i1D,3D,4D,11D,13D,14D,17D,18D,27D. The van der Waals surface area contributed by atoms with Crippen molar-refractivity contribution in [1.82, 2.24) is 0 Å². The second kappa shape index (κ2) is 10.4. The van der Waals surface area contributed by atoms with Crippen molar-refractivity contribution in [3.63, 3.8) is 0 Å². The van der Waals surface area contributed by atoms with E-state index in [0.29, 0.717) is 16.3 Å². The van der Waals surface area contributed by atoms with Crippen molar-refractivity contribution >= 4 is 43.5 Å². The molecule has 8 aromatic carbocycles. The zero-order valence-electron chi connectivity index (χ0n) is 32.9. The first-order chi connectivity index (χ1) is 26.1. The van der Waals surface area contributed by atoms with Crippen molar-refractivity contribution in [2.75, 3.05) is 0 Å². The predicted molar refractivity (Wildman–Crippen MR) is 190 cm³/mol. The normalized spacial score (nSPS) is 14.4. The van der Waals surface area contributed by atoms with Gasteiger partial charge in [0, 0.05) is 16.3 Å². The van der Waals surface area contributed by atoms with Crippen LogP contribution in [0.25, 0.3) is 88.0 Å². The van der Waals surface area contributed by atoms with Crippen LogP contribution in [0.4, 0.5) is 0 Å². The summed E-state index contributed by atoms with van der Waals surface area (Å²) in [6.45, 7) is 0. The van der Waals surface area contributed by atoms with Gasteiger partial charge in [-0.15, -0.1) is 0 Å². The van der Waals surface area contributed by atoms with Crippen LogP contribution >= 0.6 is 0 Å². The molecule has 0 atom stereocenters. The number of para-hydroxylation sites is 1. The molecule has 1 heterocycles. The maximum absolute atomic E-state index is 9.52. The van der Waals surface area contributed by atoms with Gasteiger partial charge < -0.3 is 4.42 Å². The van der Waals surface area contributed by atoms with Crippen LogP contribution in [0, 0.1) is 0 Å². The fourth-order valence-electron chi connectivity index (χ4n) is 6.48. The molecule has 0 spiro atoms. The largest absolute Gasteiger partial charge is 0.455 e. The van der Waals surface area contributed by atoms with Gasteiger partial charge in [-0.05, 0) is 78.7 Å². The molecule has 1 heteroatoms. The Morgan fingerprint density at radius 3 is 1.71 bits per heavy atom. The molecular formula is C44H28O. The van der Waals surface area contributed by atoms with Crippen LogP contribution in [0.1, 0.15) is 12.3 Å². The van der Waals surface area contributed by atoms with Gasteiger partial charge in [0.2, 0.25) is 0 Å². The van der Waals surface area contributed by atoms with Crippen LogP contribution in [0.5, 0.6) is 0 Å². The van der Waals surface area contributed by atoms with Gasteiger partial charge in [-0.2, -0.15) is 0 Å². The zero-order valence-corrected chi connectivity index (χ0v) is 23.9. The van der Waals surface area contributed by atoms with Crippen LogP contribution in [-0.4, -0.2) is 0 Å². The van der Waals surface area contributed by atoms with Gasteiger partial charge in [0.25, 0.3) is 0 Å². The average Bonchev–Trinajstić information content (AvgIpc) is 3.58. The van der Waals surface area contributed by atoms with Crippen molar-refractivity contribution in [1.29, 1.82) is 0 Å². The maximum atomic E-state index is 9.52. The van der Waals surface area contributed by atoms with E-state index in [1.165, 1.54) is 0 Å². The third-order valence-corrected chi connectivity index (χ3v) is 8.43. The Hall–Kier alpha value is -5.92. The van der Waals surface area contributed by atoms with Crippen LogP contribution in [-0.2, 0) is 0 Å². The lowest BCUT2D eigenvalue weighted by atomic mass is 9.85. The van der Waals surface area contributed by atoms with E-state index in [0.717, 1.165) is 55.0 Å². The third-order valence-electron chi connectivity index (χ3n) is 8.43. The summed E-state index contributed by atoms with van der Waals surface area (Å²) in [5.74, 6) is 0. The van der Waals surface area contributed by atoms with E-state index in [-0.39, 0.29) is 28.8 Å². The van der Waals surface area contributed by atoms with Crippen LogP contribution in [0.3, 0.4) is 0 Å². The van der Waals surface area contributed by atoms with Gasteiger partial charge in [0.1, 0.15) is 11.2 Å². The lowest BCUT2D eigenvalue weighted by Crippen LogP contribution is -1.91. The molecule has 1 aromatic heterocycles. The van der Waals surface area contributed by atoms with E-state index in [9.17, 15) is 1.37 Å². The number of fused-ring (bicyclic) bond motifs is 5. The van der Waals surface area contributed by atoms with Crippen molar-refractivity contribution in [2.24, 2.45) is 0 Å². The lowest BCUT2D eigenvalue weighted by molar-refractivity contribution is 0.670. The lowest BCUT2D eigenvalue weighted by Gasteiger charge is -2.18. The molecule has 0 aliphatic heterocycles. The van der Waals surface area contributed by atoms with E-state index in [1.807, 2.05) is 84.9 Å². The quantitative estimate of drug-likeness (QED) is 0.188. The van der Waals surface area contributed by atoms with E-state index in [2.05, 4.69) is 30.3 Å². The molecule has 1 nitrogen and oxygen atoms in total. The number of hydrogen-bond acceptors (Lipinski definition) is 1. The molecule has 45 heavy (non-hydrogen) atoms. The molecular weight excluding hydrogens is 544 g/mol. The Balaban J connectivity index is 1.35. The summed E-state index contributed by atoms with van der Waals surface area (Å²) in [6.07, 6.45) is 0. The number of hydrogen-bond donors (Lipinski definition) is 0. The van der Waals surface area contributed by atoms with Crippen molar-refractivity contribution in [2.45, 2.75) is 0 Å². The number of furan rings is 1. The summed E-state index contributed by atoms with van der Waals surface area (Å²) in [4.78, 5) is 0. The Kier molecular flexibility index (Phi) is 4.15. The minimum Gasteiger partial charge on any atom is -0.455 e. The highest BCUT2D eigenvalue weighted by atomic mass is 16.3. The molecule has 9 aromatic rings. The first-order valence-corrected chi connectivity index (χ1v) is 14.7. The molecule has 0 aliphatic rings.